The first-order chi connectivity index (χ1) is 26.4. The molecule has 0 aliphatic heterocycles. The summed E-state index contributed by atoms with van der Waals surface area (Å²) in [6.07, 6.45) is 5.88. The SMILES string of the molecule is Cc1ccccc1-c1ncc(Nc2ccc(C3CC3)cc2C(=O)O)cn1.O=C(O)c1cc(C2CC2)ccc1Nc1cnc(-c2ccccc2C(F)(F)F)nc1. The third-order valence-electron chi connectivity index (χ3n) is 9.37. The topological polar surface area (TPSA) is 150 Å². The van der Waals surface area contributed by atoms with Crippen molar-refractivity contribution in [1.82, 2.24) is 19.9 Å². The number of benzene rings is 4. The highest BCUT2D eigenvalue weighted by Crippen LogP contribution is 2.42. The highest BCUT2D eigenvalue weighted by molar-refractivity contribution is 5.96. The molecule has 13 heteroatoms. The second-order valence-electron chi connectivity index (χ2n) is 13.5. The van der Waals surface area contributed by atoms with Crippen molar-refractivity contribution in [1.29, 1.82) is 0 Å². The van der Waals surface area contributed by atoms with Gasteiger partial charge in [0.2, 0.25) is 0 Å². The Morgan fingerprint density at radius 3 is 1.45 bits per heavy atom. The normalized spacial score (nSPS) is 13.7. The van der Waals surface area contributed by atoms with Crippen LogP contribution in [0, 0.1) is 6.92 Å². The van der Waals surface area contributed by atoms with Gasteiger partial charge >= 0.3 is 18.1 Å². The van der Waals surface area contributed by atoms with Gasteiger partial charge in [0.25, 0.3) is 0 Å². The van der Waals surface area contributed by atoms with E-state index < -0.39 is 23.7 Å². The molecule has 55 heavy (non-hydrogen) atoms. The van der Waals surface area contributed by atoms with E-state index in [0.717, 1.165) is 54.0 Å². The summed E-state index contributed by atoms with van der Waals surface area (Å²) in [6.45, 7) is 2.02. The largest absolute Gasteiger partial charge is 0.478 e. The molecule has 0 saturated heterocycles. The summed E-state index contributed by atoms with van der Waals surface area (Å²) >= 11 is 0. The van der Waals surface area contributed by atoms with Gasteiger partial charge in [0.15, 0.2) is 11.6 Å². The standard InChI is InChI=1S/C21H16F3N3O2.C21H19N3O2/c22-21(23,24)17-4-2-1-3-15(17)19-25-10-14(11-26-19)27-18-8-7-13(12-5-6-12)9-16(18)20(28)29;1-13-4-2-3-5-17(13)20-22-11-16(12-23-20)24-19-9-8-15(14-6-7-14)10-18(19)21(25)26/h1-4,7-12,27H,5-6H2,(H,28,29);2-5,8-12,14,24H,6-7H2,1H3,(H,25,26). The summed E-state index contributed by atoms with van der Waals surface area (Å²) < 4.78 is 39.6. The van der Waals surface area contributed by atoms with Gasteiger partial charge in [-0.1, -0.05) is 54.6 Å². The zero-order valence-corrected chi connectivity index (χ0v) is 29.5. The lowest BCUT2D eigenvalue weighted by Crippen LogP contribution is -2.08. The van der Waals surface area contributed by atoms with Crippen molar-refractivity contribution in [3.05, 3.63) is 143 Å². The zero-order chi connectivity index (χ0) is 38.7. The Kier molecular flexibility index (Phi) is 10.3. The molecule has 0 radical (unpaired) electrons. The summed E-state index contributed by atoms with van der Waals surface area (Å²) in [5.41, 5.74) is 5.60. The molecule has 2 fully saturated rings. The van der Waals surface area contributed by atoms with Crippen molar-refractivity contribution >= 4 is 34.7 Å². The first kappa shape index (κ1) is 36.7. The van der Waals surface area contributed by atoms with Crippen LogP contribution in [-0.2, 0) is 6.18 Å². The summed E-state index contributed by atoms with van der Waals surface area (Å²) in [6, 6.07) is 23.8. The van der Waals surface area contributed by atoms with Crippen molar-refractivity contribution in [2.45, 2.75) is 50.6 Å². The summed E-state index contributed by atoms with van der Waals surface area (Å²) in [7, 11) is 0. The minimum atomic E-state index is -4.52. The molecule has 0 atom stereocenters. The number of carboxylic acid groups (broad SMARTS) is 2. The zero-order valence-electron chi connectivity index (χ0n) is 29.5. The number of aryl methyl sites for hydroxylation is 1. The van der Waals surface area contributed by atoms with Gasteiger partial charge in [0.05, 0.1) is 64.2 Å². The van der Waals surface area contributed by atoms with Crippen LogP contribution in [0.5, 0.6) is 0 Å². The summed E-state index contributed by atoms with van der Waals surface area (Å²) in [5.74, 6) is -0.487. The molecule has 2 aliphatic carbocycles. The molecule has 2 heterocycles. The van der Waals surface area contributed by atoms with Gasteiger partial charge in [-0.15, -0.1) is 0 Å². The van der Waals surface area contributed by atoms with Crippen LogP contribution in [0.15, 0.2) is 110 Å². The molecule has 0 unspecified atom stereocenters. The molecule has 8 rings (SSSR count). The van der Waals surface area contributed by atoms with E-state index in [1.807, 2.05) is 49.4 Å². The second-order valence-corrected chi connectivity index (χ2v) is 13.5. The smallest absolute Gasteiger partial charge is 0.417 e. The van der Waals surface area contributed by atoms with Crippen LogP contribution >= 0.6 is 0 Å². The summed E-state index contributed by atoms with van der Waals surface area (Å²) in [4.78, 5) is 40.1. The molecule has 10 nitrogen and oxygen atoms in total. The minimum absolute atomic E-state index is 0.0639. The van der Waals surface area contributed by atoms with E-state index in [9.17, 15) is 33.0 Å². The number of nitrogens with zero attached hydrogens (tertiary/aromatic N) is 4. The van der Waals surface area contributed by atoms with Crippen LogP contribution < -0.4 is 10.6 Å². The van der Waals surface area contributed by atoms with Gasteiger partial charge in [-0.3, -0.25) is 0 Å². The number of alkyl halides is 3. The van der Waals surface area contributed by atoms with Crippen LogP contribution in [0.25, 0.3) is 22.8 Å². The van der Waals surface area contributed by atoms with Gasteiger partial charge < -0.3 is 20.8 Å². The third-order valence-corrected chi connectivity index (χ3v) is 9.37. The number of carboxylic acids is 2. The molecule has 6 aromatic rings. The first-order valence-corrected chi connectivity index (χ1v) is 17.6. The van der Waals surface area contributed by atoms with E-state index in [1.165, 1.54) is 30.6 Å². The number of rotatable bonds is 10. The fraction of sp³-hybridized carbons (Fsp3) is 0.190. The van der Waals surface area contributed by atoms with E-state index in [4.69, 9.17) is 0 Å². The van der Waals surface area contributed by atoms with Gasteiger partial charge in [0.1, 0.15) is 0 Å². The Bertz CT molecular complexity index is 2360. The number of hydrogen-bond acceptors (Lipinski definition) is 8. The maximum atomic E-state index is 13.2. The van der Waals surface area contributed by atoms with Crippen LogP contribution in [0.3, 0.4) is 0 Å². The Morgan fingerprint density at radius 1 is 0.618 bits per heavy atom. The fourth-order valence-corrected chi connectivity index (χ4v) is 6.16. The molecule has 0 spiro atoms. The minimum Gasteiger partial charge on any atom is -0.478 e. The molecule has 2 aromatic heterocycles. The fourth-order valence-electron chi connectivity index (χ4n) is 6.16. The van der Waals surface area contributed by atoms with E-state index in [-0.39, 0.29) is 22.5 Å². The van der Waals surface area contributed by atoms with Gasteiger partial charge in [0, 0.05) is 11.1 Å². The average molecular weight is 745 g/mol. The number of aromatic carboxylic acids is 2. The van der Waals surface area contributed by atoms with Gasteiger partial charge in [-0.05, 0) is 91.5 Å². The Labute approximate surface area is 314 Å². The maximum absolute atomic E-state index is 13.2. The van der Waals surface area contributed by atoms with Crippen LogP contribution in [0.1, 0.15) is 80.5 Å². The predicted octanol–water partition coefficient (Wildman–Crippen LogP) is 10.3. The van der Waals surface area contributed by atoms with E-state index in [0.29, 0.717) is 40.4 Å². The highest BCUT2D eigenvalue weighted by atomic mass is 19.4. The Hall–Kier alpha value is -6.63. The van der Waals surface area contributed by atoms with Crippen LogP contribution in [0.4, 0.5) is 35.9 Å². The molecule has 4 N–H and O–H groups in total. The van der Waals surface area contributed by atoms with Gasteiger partial charge in [-0.2, -0.15) is 13.2 Å². The number of hydrogen-bond donors (Lipinski definition) is 4. The van der Waals surface area contributed by atoms with Crippen LogP contribution in [0.2, 0.25) is 0 Å². The molecule has 4 aromatic carbocycles. The first-order valence-electron chi connectivity index (χ1n) is 17.6. The lowest BCUT2D eigenvalue weighted by Gasteiger charge is -2.13. The molecule has 2 aliphatic rings. The van der Waals surface area contributed by atoms with E-state index >= 15 is 0 Å². The number of nitrogens with one attached hydrogen (secondary N) is 2. The summed E-state index contributed by atoms with van der Waals surface area (Å²) in [5, 5.41) is 25.1. The Morgan fingerprint density at radius 2 is 1.04 bits per heavy atom. The van der Waals surface area contributed by atoms with Gasteiger partial charge in [-0.25, -0.2) is 29.5 Å². The third kappa shape index (κ3) is 8.78. The number of aromatic nitrogens is 4. The molecule has 278 valence electrons. The predicted molar refractivity (Wildman–Crippen MR) is 202 cm³/mol. The van der Waals surface area contributed by atoms with E-state index in [1.54, 1.807) is 30.6 Å². The second kappa shape index (κ2) is 15.4. The molecular weight excluding hydrogens is 709 g/mol. The molecule has 2 saturated carbocycles. The molecular formula is C42H35F3N6O4. The monoisotopic (exact) mass is 744 g/mol. The lowest BCUT2D eigenvalue weighted by atomic mass is 10.0. The van der Waals surface area contributed by atoms with Crippen molar-refractivity contribution in [3.8, 4) is 22.8 Å². The van der Waals surface area contributed by atoms with E-state index in [2.05, 4.69) is 30.6 Å². The van der Waals surface area contributed by atoms with Crippen molar-refractivity contribution < 1.29 is 33.0 Å². The Balaban J connectivity index is 0.000000170. The number of carbonyl (C=O) groups is 2. The maximum Gasteiger partial charge on any atom is 0.417 e. The quantitative estimate of drug-likeness (QED) is 0.107. The van der Waals surface area contributed by atoms with Crippen molar-refractivity contribution in [2.75, 3.05) is 10.6 Å². The van der Waals surface area contributed by atoms with Crippen LogP contribution in [-0.4, -0.2) is 42.1 Å². The van der Waals surface area contributed by atoms with Crippen molar-refractivity contribution in [3.63, 3.8) is 0 Å². The number of anilines is 4. The molecule has 0 bridgehead atoms. The average Bonchev–Trinajstić information content (AvgIpc) is 4.11. The molecule has 0 amide bonds. The number of halogens is 3. The highest BCUT2D eigenvalue weighted by Gasteiger charge is 2.34. The lowest BCUT2D eigenvalue weighted by molar-refractivity contribution is -0.137. The van der Waals surface area contributed by atoms with Crippen molar-refractivity contribution in [2.24, 2.45) is 0 Å².